The highest BCUT2D eigenvalue weighted by atomic mass is 32.1. The molecule has 0 saturated heterocycles. The molecule has 0 atom stereocenters. The Morgan fingerprint density at radius 3 is 2.38 bits per heavy atom. The molecule has 7 nitrogen and oxygen atoms in total. The van der Waals surface area contributed by atoms with Crippen molar-refractivity contribution >= 4 is 33.8 Å². The third-order valence-corrected chi connectivity index (χ3v) is 4.48. The minimum absolute atomic E-state index is 0.105. The fraction of sp³-hybridized carbons (Fsp3) is 0.250. The molecular formula is C16H17N3O4S. The summed E-state index contributed by atoms with van der Waals surface area (Å²) in [5.74, 6) is -0.751. The Bertz CT molecular complexity index is 780. The van der Waals surface area contributed by atoms with Gasteiger partial charge in [0.2, 0.25) is 5.91 Å². The molecule has 0 bridgehead atoms. The van der Waals surface area contributed by atoms with Crippen molar-refractivity contribution < 1.29 is 14.5 Å². The molecule has 0 spiro atoms. The lowest BCUT2D eigenvalue weighted by molar-refractivity contribution is -0.380. The van der Waals surface area contributed by atoms with E-state index < -0.39 is 10.8 Å². The quantitative estimate of drug-likeness (QED) is 0.665. The molecule has 126 valence electrons. The predicted molar refractivity (Wildman–Crippen MR) is 92.5 cm³/mol. The fourth-order valence-corrected chi connectivity index (χ4v) is 3.02. The molecular weight excluding hydrogens is 330 g/mol. The molecule has 1 N–H and O–H groups in total. The number of nitro groups is 1. The second-order valence-electron chi connectivity index (χ2n) is 5.37. The number of benzene rings is 1. The summed E-state index contributed by atoms with van der Waals surface area (Å²) in [7, 11) is 1.48. The number of amides is 2. The number of rotatable bonds is 5. The van der Waals surface area contributed by atoms with E-state index in [9.17, 15) is 19.7 Å². The van der Waals surface area contributed by atoms with Crippen LogP contribution in [0.25, 0.3) is 0 Å². The summed E-state index contributed by atoms with van der Waals surface area (Å²) < 4.78 is 0. The van der Waals surface area contributed by atoms with Gasteiger partial charge in [-0.1, -0.05) is 29.5 Å². The SMILES string of the molecule is Cc1cccc(C)c1NC(=O)CN(C)C(=O)c1ccc([N+](=O)[O-])s1. The molecule has 1 aromatic carbocycles. The third-order valence-electron chi connectivity index (χ3n) is 3.46. The van der Waals surface area contributed by atoms with Crippen LogP contribution < -0.4 is 5.32 Å². The van der Waals surface area contributed by atoms with Crippen LogP contribution in [0.3, 0.4) is 0 Å². The highest BCUT2D eigenvalue weighted by Crippen LogP contribution is 2.25. The first-order valence-electron chi connectivity index (χ1n) is 7.15. The lowest BCUT2D eigenvalue weighted by Crippen LogP contribution is -2.34. The molecule has 0 fully saturated rings. The van der Waals surface area contributed by atoms with Gasteiger partial charge in [-0.25, -0.2) is 0 Å². The van der Waals surface area contributed by atoms with Gasteiger partial charge in [-0.05, 0) is 31.0 Å². The van der Waals surface area contributed by atoms with Gasteiger partial charge in [-0.15, -0.1) is 0 Å². The summed E-state index contributed by atoms with van der Waals surface area (Å²) in [5, 5.41) is 13.4. The number of aryl methyl sites for hydroxylation is 2. The van der Waals surface area contributed by atoms with E-state index >= 15 is 0 Å². The Hall–Kier alpha value is -2.74. The van der Waals surface area contributed by atoms with E-state index in [1.807, 2.05) is 32.0 Å². The zero-order chi connectivity index (χ0) is 17.9. The molecule has 1 aromatic heterocycles. The lowest BCUT2D eigenvalue weighted by Gasteiger charge is -2.17. The summed E-state index contributed by atoms with van der Waals surface area (Å²) in [4.78, 5) is 36.0. The maximum Gasteiger partial charge on any atom is 0.324 e. The van der Waals surface area contributed by atoms with Crippen LogP contribution in [-0.2, 0) is 4.79 Å². The number of nitrogens with zero attached hydrogens (tertiary/aromatic N) is 2. The number of likely N-dealkylation sites (N-methyl/N-ethyl adjacent to an activating group) is 1. The molecule has 1 heterocycles. The van der Waals surface area contributed by atoms with Gasteiger partial charge in [-0.2, -0.15) is 0 Å². The van der Waals surface area contributed by atoms with Crippen LogP contribution in [0, 0.1) is 24.0 Å². The van der Waals surface area contributed by atoms with E-state index in [2.05, 4.69) is 5.32 Å². The van der Waals surface area contributed by atoms with Gasteiger partial charge in [0.05, 0.1) is 16.3 Å². The van der Waals surface area contributed by atoms with Crippen molar-refractivity contribution in [2.24, 2.45) is 0 Å². The maximum atomic E-state index is 12.2. The normalized spacial score (nSPS) is 10.3. The first-order valence-corrected chi connectivity index (χ1v) is 7.97. The Kier molecular flexibility index (Phi) is 5.30. The highest BCUT2D eigenvalue weighted by molar-refractivity contribution is 7.17. The summed E-state index contributed by atoms with van der Waals surface area (Å²) in [5.41, 5.74) is 2.60. The molecule has 8 heteroatoms. The van der Waals surface area contributed by atoms with E-state index in [-0.39, 0.29) is 22.3 Å². The minimum Gasteiger partial charge on any atom is -0.332 e. The van der Waals surface area contributed by atoms with E-state index in [1.54, 1.807) is 0 Å². The van der Waals surface area contributed by atoms with Gasteiger partial charge < -0.3 is 10.2 Å². The van der Waals surface area contributed by atoms with Crippen molar-refractivity contribution in [1.82, 2.24) is 4.90 Å². The second kappa shape index (κ2) is 7.22. The van der Waals surface area contributed by atoms with E-state index in [0.29, 0.717) is 0 Å². The molecule has 0 aliphatic rings. The minimum atomic E-state index is -0.547. The number of nitrogens with one attached hydrogen (secondary N) is 1. The standard InChI is InChI=1S/C16H17N3O4S/c1-10-5-4-6-11(2)15(10)17-13(20)9-18(3)16(21)12-7-8-14(24-12)19(22)23/h4-8H,9H2,1-3H3,(H,17,20). The average molecular weight is 347 g/mol. The summed E-state index contributed by atoms with van der Waals surface area (Å²) in [6.45, 7) is 3.64. The molecule has 2 amide bonds. The Morgan fingerprint density at radius 1 is 1.21 bits per heavy atom. The average Bonchev–Trinajstić information content (AvgIpc) is 3.00. The summed E-state index contributed by atoms with van der Waals surface area (Å²) in [6, 6.07) is 8.36. The van der Waals surface area contributed by atoms with Crippen molar-refractivity contribution in [3.8, 4) is 0 Å². The second-order valence-corrected chi connectivity index (χ2v) is 6.43. The number of anilines is 1. The van der Waals surface area contributed by atoms with Gasteiger partial charge in [-0.3, -0.25) is 19.7 Å². The maximum absolute atomic E-state index is 12.2. The Labute approximate surface area is 143 Å². The predicted octanol–water partition coefficient (Wildman–Crippen LogP) is 2.98. The molecule has 0 radical (unpaired) electrons. The smallest absolute Gasteiger partial charge is 0.324 e. The lowest BCUT2D eigenvalue weighted by atomic mass is 10.1. The van der Waals surface area contributed by atoms with Crippen molar-refractivity contribution in [1.29, 1.82) is 0 Å². The van der Waals surface area contributed by atoms with Gasteiger partial charge >= 0.3 is 5.00 Å². The van der Waals surface area contributed by atoms with Crippen molar-refractivity contribution in [3.05, 3.63) is 56.5 Å². The fourth-order valence-electron chi connectivity index (χ4n) is 2.21. The number of para-hydroxylation sites is 1. The number of thiophene rings is 1. The van der Waals surface area contributed by atoms with Crippen molar-refractivity contribution in [2.45, 2.75) is 13.8 Å². The van der Waals surface area contributed by atoms with E-state index in [1.165, 1.54) is 24.1 Å². The van der Waals surface area contributed by atoms with Gasteiger partial charge in [0.15, 0.2) is 0 Å². The van der Waals surface area contributed by atoms with Crippen LogP contribution in [0.2, 0.25) is 0 Å². The molecule has 2 aromatic rings. The largest absolute Gasteiger partial charge is 0.332 e. The number of carbonyl (C=O) groups excluding carboxylic acids is 2. The number of hydrogen-bond acceptors (Lipinski definition) is 5. The zero-order valence-corrected chi connectivity index (χ0v) is 14.3. The van der Waals surface area contributed by atoms with Crippen molar-refractivity contribution in [2.75, 3.05) is 18.9 Å². The van der Waals surface area contributed by atoms with Gasteiger partial charge in [0.25, 0.3) is 5.91 Å². The topological polar surface area (TPSA) is 92.6 Å². The molecule has 0 saturated carbocycles. The van der Waals surface area contributed by atoms with Crippen LogP contribution in [0.4, 0.5) is 10.7 Å². The molecule has 0 aliphatic heterocycles. The monoisotopic (exact) mass is 347 g/mol. The Morgan fingerprint density at radius 2 is 1.83 bits per heavy atom. The number of carbonyl (C=O) groups is 2. The summed E-state index contributed by atoms with van der Waals surface area (Å²) in [6.07, 6.45) is 0. The number of hydrogen-bond donors (Lipinski definition) is 1. The van der Waals surface area contributed by atoms with Crippen LogP contribution in [-0.4, -0.2) is 35.2 Å². The zero-order valence-electron chi connectivity index (χ0n) is 13.5. The molecule has 24 heavy (non-hydrogen) atoms. The van der Waals surface area contributed by atoms with Crippen LogP contribution >= 0.6 is 11.3 Å². The highest BCUT2D eigenvalue weighted by Gasteiger charge is 2.20. The first kappa shape index (κ1) is 17.6. The van der Waals surface area contributed by atoms with Crippen LogP contribution in [0.1, 0.15) is 20.8 Å². The Balaban J connectivity index is 2.02. The third kappa shape index (κ3) is 3.96. The van der Waals surface area contributed by atoms with E-state index in [0.717, 1.165) is 28.2 Å². The van der Waals surface area contributed by atoms with Crippen molar-refractivity contribution in [3.63, 3.8) is 0 Å². The molecule has 0 unspecified atom stereocenters. The first-order chi connectivity index (χ1) is 11.3. The van der Waals surface area contributed by atoms with Gasteiger partial charge in [0, 0.05) is 18.8 Å². The van der Waals surface area contributed by atoms with Gasteiger partial charge in [0.1, 0.15) is 0 Å². The van der Waals surface area contributed by atoms with Crippen LogP contribution in [0.5, 0.6) is 0 Å². The molecule has 2 rings (SSSR count). The summed E-state index contributed by atoms with van der Waals surface area (Å²) >= 11 is 0.791. The molecule has 0 aliphatic carbocycles. The van der Waals surface area contributed by atoms with E-state index in [4.69, 9.17) is 0 Å². The van der Waals surface area contributed by atoms with Crippen LogP contribution in [0.15, 0.2) is 30.3 Å².